The van der Waals surface area contributed by atoms with Crippen LogP contribution in [0.5, 0.6) is 0 Å². The molecule has 1 unspecified atom stereocenters. The molecular formula is C13H12FN3O2. The lowest BCUT2D eigenvalue weighted by Gasteiger charge is -2.16. The van der Waals surface area contributed by atoms with Crippen molar-refractivity contribution in [2.45, 2.75) is 6.42 Å². The van der Waals surface area contributed by atoms with Crippen LogP contribution in [0.15, 0.2) is 24.3 Å². The van der Waals surface area contributed by atoms with Gasteiger partial charge in [-0.05, 0) is 24.3 Å². The predicted octanol–water partition coefficient (Wildman–Crippen LogP) is 0.818. The van der Waals surface area contributed by atoms with E-state index in [1.165, 1.54) is 29.2 Å². The van der Waals surface area contributed by atoms with E-state index in [-0.39, 0.29) is 37.1 Å². The standard InChI is InChI=1S/C13H12FN3O2/c14-10-1-3-11(4-2-10)17-8-9(7-12(17)18)13(19)16-6-5-15/h1-4,9H,6-8H2,(H,16,19). The summed E-state index contributed by atoms with van der Waals surface area (Å²) in [6, 6.07) is 7.35. The number of hydrogen-bond donors (Lipinski definition) is 1. The van der Waals surface area contributed by atoms with Gasteiger partial charge in [0.2, 0.25) is 11.8 Å². The van der Waals surface area contributed by atoms with Gasteiger partial charge in [0.1, 0.15) is 12.4 Å². The van der Waals surface area contributed by atoms with Gasteiger partial charge in [-0.1, -0.05) is 0 Å². The van der Waals surface area contributed by atoms with Crippen LogP contribution in [0.4, 0.5) is 10.1 Å². The highest BCUT2D eigenvalue weighted by molar-refractivity contribution is 6.00. The fourth-order valence-corrected chi connectivity index (χ4v) is 2.02. The summed E-state index contributed by atoms with van der Waals surface area (Å²) in [6.07, 6.45) is 0.106. The van der Waals surface area contributed by atoms with Crippen LogP contribution in [0.25, 0.3) is 0 Å². The molecule has 0 saturated carbocycles. The Morgan fingerprint density at radius 1 is 1.47 bits per heavy atom. The van der Waals surface area contributed by atoms with Crippen LogP contribution >= 0.6 is 0 Å². The van der Waals surface area contributed by atoms with Gasteiger partial charge < -0.3 is 10.2 Å². The molecule has 1 aromatic carbocycles. The Morgan fingerprint density at radius 2 is 2.16 bits per heavy atom. The summed E-state index contributed by atoms with van der Waals surface area (Å²) >= 11 is 0. The van der Waals surface area contributed by atoms with Gasteiger partial charge in [-0.3, -0.25) is 9.59 Å². The zero-order valence-corrected chi connectivity index (χ0v) is 10.1. The molecule has 2 amide bonds. The third-order valence-corrected chi connectivity index (χ3v) is 2.98. The fraction of sp³-hybridized carbons (Fsp3) is 0.308. The summed E-state index contributed by atoms with van der Waals surface area (Å²) in [5.41, 5.74) is 0.571. The molecule has 1 saturated heterocycles. The van der Waals surface area contributed by atoms with Crippen molar-refractivity contribution in [3.63, 3.8) is 0 Å². The molecule has 1 aliphatic heterocycles. The number of carbonyl (C=O) groups is 2. The Bertz CT molecular complexity index is 536. The monoisotopic (exact) mass is 261 g/mol. The van der Waals surface area contributed by atoms with Crippen molar-refractivity contribution in [2.24, 2.45) is 5.92 Å². The summed E-state index contributed by atoms with van der Waals surface area (Å²) in [5, 5.41) is 10.8. The lowest BCUT2D eigenvalue weighted by Crippen LogP contribution is -2.33. The van der Waals surface area contributed by atoms with Crippen LogP contribution < -0.4 is 10.2 Å². The maximum Gasteiger partial charge on any atom is 0.227 e. The van der Waals surface area contributed by atoms with Gasteiger partial charge in [0, 0.05) is 18.7 Å². The molecule has 1 aromatic rings. The highest BCUT2D eigenvalue weighted by atomic mass is 19.1. The number of carbonyl (C=O) groups excluding carboxylic acids is 2. The number of amides is 2. The first-order valence-corrected chi connectivity index (χ1v) is 5.82. The van der Waals surface area contributed by atoms with Crippen molar-refractivity contribution >= 4 is 17.5 Å². The van der Waals surface area contributed by atoms with Crippen LogP contribution in [0.1, 0.15) is 6.42 Å². The molecular weight excluding hydrogens is 249 g/mol. The quantitative estimate of drug-likeness (QED) is 0.819. The molecule has 1 aliphatic rings. The minimum Gasteiger partial charge on any atom is -0.343 e. The van der Waals surface area contributed by atoms with Crippen LogP contribution in [0, 0.1) is 23.1 Å². The molecule has 0 aromatic heterocycles. The van der Waals surface area contributed by atoms with Crippen molar-refractivity contribution in [1.29, 1.82) is 5.26 Å². The first-order valence-electron chi connectivity index (χ1n) is 5.82. The number of rotatable bonds is 3. The Morgan fingerprint density at radius 3 is 2.79 bits per heavy atom. The van der Waals surface area contributed by atoms with Gasteiger partial charge in [0.15, 0.2) is 0 Å². The van der Waals surface area contributed by atoms with Crippen molar-refractivity contribution < 1.29 is 14.0 Å². The van der Waals surface area contributed by atoms with Crippen molar-refractivity contribution in [2.75, 3.05) is 18.0 Å². The Kier molecular flexibility index (Phi) is 3.76. The van der Waals surface area contributed by atoms with E-state index in [1.54, 1.807) is 0 Å². The van der Waals surface area contributed by atoms with Crippen LogP contribution in [0.2, 0.25) is 0 Å². The van der Waals surface area contributed by atoms with E-state index in [2.05, 4.69) is 5.32 Å². The summed E-state index contributed by atoms with van der Waals surface area (Å²) < 4.78 is 12.8. The number of nitriles is 1. The molecule has 1 N–H and O–H groups in total. The molecule has 0 radical (unpaired) electrons. The first kappa shape index (κ1) is 13.0. The van der Waals surface area contributed by atoms with Crippen molar-refractivity contribution in [3.8, 4) is 6.07 Å². The maximum atomic E-state index is 12.8. The number of anilines is 1. The molecule has 1 heterocycles. The average molecular weight is 261 g/mol. The van der Waals surface area contributed by atoms with E-state index in [9.17, 15) is 14.0 Å². The highest BCUT2D eigenvalue weighted by Crippen LogP contribution is 2.25. The lowest BCUT2D eigenvalue weighted by atomic mass is 10.1. The highest BCUT2D eigenvalue weighted by Gasteiger charge is 2.34. The van der Waals surface area contributed by atoms with E-state index >= 15 is 0 Å². The topological polar surface area (TPSA) is 73.2 Å². The molecule has 0 aliphatic carbocycles. The number of halogens is 1. The molecule has 6 heteroatoms. The van der Waals surface area contributed by atoms with Gasteiger partial charge in [0.25, 0.3) is 0 Å². The van der Waals surface area contributed by atoms with Crippen molar-refractivity contribution in [1.82, 2.24) is 5.32 Å². The van der Waals surface area contributed by atoms with Gasteiger partial charge in [-0.25, -0.2) is 4.39 Å². The van der Waals surface area contributed by atoms with Gasteiger partial charge in [-0.2, -0.15) is 5.26 Å². The first-order chi connectivity index (χ1) is 9.11. The number of hydrogen-bond acceptors (Lipinski definition) is 3. The Labute approximate surface area is 109 Å². The van der Waals surface area contributed by atoms with Crippen LogP contribution in [-0.4, -0.2) is 24.9 Å². The molecule has 98 valence electrons. The van der Waals surface area contributed by atoms with Gasteiger partial charge in [-0.15, -0.1) is 0 Å². The minimum atomic E-state index is -0.467. The smallest absolute Gasteiger partial charge is 0.227 e. The molecule has 19 heavy (non-hydrogen) atoms. The normalized spacial score (nSPS) is 18.2. The predicted molar refractivity (Wildman–Crippen MR) is 65.5 cm³/mol. The molecule has 0 bridgehead atoms. The van der Waals surface area contributed by atoms with Crippen LogP contribution in [-0.2, 0) is 9.59 Å². The second-order valence-corrected chi connectivity index (χ2v) is 4.26. The van der Waals surface area contributed by atoms with Gasteiger partial charge in [0.05, 0.1) is 12.0 Å². The van der Waals surface area contributed by atoms with E-state index in [0.717, 1.165) is 0 Å². The molecule has 0 spiro atoms. The maximum absolute atomic E-state index is 12.8. The van der Waals surface area contributed by atoms with Crippen molar-refractivity contribution in [3.05, 3.63) is 30.1 Å². The molecule has 2 rings (SSSR count). The largest absolute Gasteiger partial charge is 0.343 e. The molecule has 1 atom stereocenters. The lowest BCUT2D eigenvalue weighted by molar-refractivity contribution is -0.126. The zero-order valence-electron chi connectivity index (χ0n) is 10.1. The Hall–Kier alpha value is -2.42. The molecule has 1 fully saturated rings. The average Bonchev–Trinajstić information content (AvgIpc) is 2.79. The summed E-state index contributed by atoms with van der Waals surface area (Å²) in [5.74, 6) is -1.33. The molecule has 5 nitrogen and oxygen atoms in total. The summed E-state index contributed by atoms with van der Waals surface area (Å²) in [7, 11) is 0. The Balaban J connectivity index is 2.05. The van der Waals surface area contributed by atoms with Crippen LogP contribution in [0.3, 0.4) is 0 Å². The second kappa shape index (κ2) is 5.48. The zero-order chi connectivity index (χ0) is 13.8. The van der Waals surface area contributed by atoms with E-state index in [1.807, 2.05) is 6.07 Å². The van der Waals surface area contributed by atoms with E-state index in [0.29, 0.717) is 5.69 Å². The number of benzene rings is 1. The summed E-state index contributed by atoms with van der Waals surface area (Å²) in [6.45, 7) is 0.182. The second-order valence-electron chi connectivity index (χ2n) is 4.26. The fourth-order valence-electron chi connectivity index (χ4n) is 2.02. The third kappa shape index (κ3) is 2.88. The number of nitrogens with zero attached hydrogens (tertiary/aromatic N) is 2. The van der Waals surface area contributed by atoms with E-state index < -0.39 is 5.92 Å². The third-order valence-electron chi connectivity index (χ3n) is 2.98. The summed E-state index contributed by atoms with van der Waals surface area (Å²) in [4.78, 5) is 25.0. The van der Waals surface area contributed by atoms with E-state index in [4.69, 9.17) is 5.26 Å². The SMILES string of the molecule is N#CCNC(=O)C1CC(=O)N(c2ccc(F)cc2)C1. The van der Waals surface area contributed by atoms with Gasteiger partial charge >= 0.3 is 0 Å². The minimum absolute atomic E-state index is 0.0694. The number of nitrogens with one attached hydrogen (secondary N) is 1.